The number of aromatic nitrogens is 1. The molecule has 1 heterocycles. The second-order valence-corrected chi connectivity index (χ2v) is 6.26. The first-order valence-electron chi connectivity index (χ1n) is 8.78. The van der Waals surface area contributed by atoms with Crippen molar-refractivity contribution in [2.45, 2.75) is 13.0 Å². The molecule has 146 valence electrons. The number of nitrogens with zero attached hydrogens (tertiary/aromatic N) is 1. The van der Waals surface area contributed by atoms with Gasteiger partial charge in [-0.15, -0.1) is 0 Å². The van der Waals surface area contributed by atoms with E-state index in [4.69, 9.17) is 9.47 Å². The maximum absolute atomic E-state index is 13.4. The van der Waals surface area contributed by atoms with E-state index in [0.29, 0.717) is 30.0 Å². The number of fused-ring (bicyclic) bond motifs is 1. The second kappa shape index (κ2) is 8.56. The molecule has 1 amide bonds. The molecule has 0 saturated carbocycles. The van der Waals surface area contributed by atoms with Crippen molar-refractivity contribution in [2.24, 2.45) is 0 Å². The Kier molecular flexibility index (Phi) is 5.93. The molecule has 0 radical (unpaired) electrons. The van der Waals surface area contributed by atoms with Crippen LogP contribution in [0.25, 0.3) is 10.9 Å². The van der Waals surface area contributed by atoms with E-state index in [1.165, 1.54) is 30.5 Å². The van der Waals surface area contributed by atoms with E-state index in [0.717, 1.165) is 5.56 Å². The van der Waals surface area contributed by atoms with Crippen molar-refractivity contribution in [2.75, 3.05) is 20.8 Å². The van der Waals surface area contributed by atoms with Crippen LogP contribution in [0.3, 0.4) is 0 Å². The predicted molar refractivity (Wildman–Crippen MR) is 104 cm³/mol. The SMILES string of the molecule is COc1ccc(CCNC(=O)Cn2ccc(=O)c3cc(F)ccc32)cc1OC. The Hall–Kier alpha value is -3.35. The number of ether oxygens (including phenoxy) is 2. The van der Waals surface area contributed by atoms with Gasteiger partial charge in [0, 0.05) is 24.2 Å². The van der Waals surface area contributed by atoms with E-state index < -0.39 is 5.82 Å². The molecule has 3 rings (SSSR count). The molecule has 1 N–H and O–H groups in total. The van der Waals surface area contributed by atoms with Gasteiger partial charge in [0.05, 0.1) is 19.7 Å². The van der Waals surface area contributed by atoms with E-state index in [1.54, 1.807) is 18.8 Å². The third kappa shape index (κ3) is 4.31. The summed E-state index contributed by atoms with van der Waals surface area (Å²) in [7, 11) is 3.15. The lowest BCUT2D eigenvalue weighted by Gasteiger charge is -2.12. The topological polar surface area (TPSA) is 69.6 Å². The number of halogens is 1. The van der Waals surface area contributed by atoms with Crippen molar-refractivity contribution in [1.82, 2.24) is 9.88 Å². The minimum atomic E-state index is -0.485. The van der Waals surface area contributed by atoms with Crippen molar-refractivity contribution in [3.8, 4) is 11.5 Å². The molecule has 0 saturated heterocycles. The smallest absolute Gasteiger partial charge is 0.239 e. The van der Waals surface area contributed by atoms with Gasteiger partial charge >= 0.3 is 0 Å². The number of pyridine rings is 1. The van der Waals surface area contributed by atoms with E-state index in [9.17, 15) is 14.0 Å². The predicted octanol–water partition coefficient (Wildman–Crippen LogP) is 2.52. The lowest BCUT2D eigenvalue weighted by atomic mass is 10.1. The molecule has 0 unspecified atom stereocenters. The fourth-order valence-corrected chi connectivity index (χ4v) is 3.01. The normalized spacial score (nSPS) is 10.7. The quantitative estimate of drug-likeness (QED) is 0.680. The van der Waals surface area contributed by atoms with E-state index in [-0.39, 0.29) is 23.3 Å². The molecule has 7 heteroatoms. The van der Waals surface area contributed by atoms with Crippen LogP contribution in [0.4, 0.5) is 4.39 Å². The lowest BCUT2D eigenvalue weighted by Crippen LogP contribution is -2.29. The van der Waals surface area contributed by atoms with Gasteiger partial charge in [-0.2, -0.15) is 0 Å². The van der Waals surface area contributed by atoms with E-state index in [2.05, 4.69) is 5.32 Å². The Balaban J connectivity index is 1.63. The van der Waals surface area contributed by atoms with Crippen molar-refractivity contribution in [3.05, 3.63) is 70.3 Å². The summed E-state index contributed by atoms with van der Waals surface area (Å²) in [6.07, 6.45) is 2.17. The molecule has 0 aliphatic carbocycles. The molecule has 0 aliphatic rings. The zero-order chi connectivity index (χ0) is 20.1. The third-order valence-corrected chi connectivity index (χ3v) is 4.44. The van der Waals surface area contributed by atoms with Crippen LogP contribution in [0, 0.1) is 5.82 Å². The summed E-state index contributed by atoms with van der Waals surface area (Å²) < 4.78 is 25.5. The molecule has 0 aliphatic heterocycles. The van der Waals surface area contributed by atoms with Gasteiger partial charge in [0.1, 0.15) is 12.4 Å². The van der Waals surface area contributed by atoms with Crippen molar-refractivity contribution >= 4 is 16.8 Å². The third-order valence-electron chi connectivity index (χ3n) is 4.44. The monoisotopic (exact) mass is 384 g/mol. The number of benzene rings is 2. The molecule has 6 nitrogen and oxygen atoms in total. The summed E-state index contributed by atoms with van der Waals surface area (Å²) in [4.78, 5) is 24.2. The van der Waals surface area contributed by atoms with Crippen LogP contribution < -0.4 is 20.2 Å². The summed E-state index contributed by atoms with van der Waals surface area (Å²) >= 11 is 0. The summed E-state index contributed by atoms with van der Waals surface area (Å²) in [6.45, 7) is 0.482. The highest BCUT2D eigenvalue weighted by Gasteiger charge is 2.09. The fourth-order valence-electron chi connectivity index (χ4n) is 3.01. The number of rotatable bonds is 7. The van der Waals surface area contributed by atoms with Crippen LogP contribution in [0.5, 0.6) is 11.5 Å². The van der Waals surface area contributed by atoms with Crippen molar-refractivity contribution in [3.63, 3.8) is 0 Å². The standard InChI is InChI=1S/C21H21FN2O4/c1-27-19-6-3-14(11-20(19)28-2)7-9-23-21(26)13-24-10-8-18(25)16-12-15(22)4-5-17(16)24/h3-6,8,10-12H,7,9,13H2,1-2H3,(H,23,26). The number of hydrogen-bond acceptors (Lipinski definition) is 4. The van der Waals surface area contributed by atoms with Crippen LogP contribution in [0.1, 0.15) is 5.56 Å². The van der Waals surface area contributed by atoms with Gasteiger partial charge in [-0.25, -0.2) is 4.39 Å². The van der Waals surface area contributed by atoms with Gasteiger partial charge in [0.2, 0.25) is 5.91 Å². The van der Waals surface area contributed by atoms with Gasteiger partial charge in [0.15, 0.2) is 16.9 Å². The summed E-state index contributed by atoms with van der Waals surface area (Å²) in [5.41, 5.74) is 1.24. The molecule has 0 spiro atoms. The highest BCUT2D eigenvalue weighted by Crippen LogP contribution is 2.27. The highest BCUT2D eigenvalue weighted by atomic mass is 19.1. The number of carbonyl (C=O) groups is 1. The lowest BCUT2D eigenvalue weighted by molar-refractivity contribution is -0.121. The Labute approximate surface area is 161 Å². The largest absolute Gasteiger partial charge is 0.493 e. The molecular formula is C21H21FN2O4. The van der Waals surface area contributed by atoms with Crippen molar-refractivity contribution < 1.29 is 18.7 Å². The van der Waals surface area contributed by atoms with Crippen LogP contribution in [0.15, 0.2) is 53.5 Å². The Morgan fingerprint density at radius 1 is 1.07 bits per heavy atom. The molecule has 0 fully saturated rings. The first kappa shape index (κ1) is 19.4. The fraction of sp³-hybridized carbons (Fsp3) is 0.238. The number of methoxy groups -OCH3 is 2. The maximum Gasteiger partial charge on any atom is 0.239 e. The Morgan fingerprint density at radius 3 is 2.61 bits per heavy atom. The summed E-state index contributed by atoms with van der Waals surface area (Å²) in [6, 6.07) is 10.9. The van der Waals surface area contributed by atoms with E-state index in [1.807, 2.05) is 18.2 Å². The molecule has 1 aromatic heterocycles. The molecule has 0 atom stereocenters. The first-order valence-corrected chi connectivity index (χ1v) is 8.78. The number of nitrogens with one attached hydrogen (secondary N) is 1. The van der Waals surface area contributed by atoms with Crippen molar-refractivity contribution in [1.29, 1.82) is 0 Å². The molecule has 2 aromatic carbocycles. The number of amides is 1. The average Bonchev–Trinajstić information content (AvgIpc) is 2.70. The molecule has 0 bridgehead atoms. The first-order chi connectivity index (χ1) is 13.5. The highest BCUT2D eigenvalue weighted by molar-refractivity contribution is 5.82. The molecule has 3 aromatic rings. The average molecular weight is 384 g/mol. The number of carbonyl (C=O) groups excluding carboxylic acids is 1. The van der Waals surface area contributed by atoms with Gasteiger partial charge in [0.25, 0.3) is 0 Å². The molecule has 28 heavy (non-hydrogen) atoms. The zero-order valence-corrected chi connectivity index (χ0v) is 15.7. The summed E-state index contributed by atoms with van der Waals surface area (Å²) in [5.74, 6) is 0.603. The van der Waals surface area contributed by atoms with E-state index >= 15 is 0 Å². The molecular weight excluding hydrogens is 363 g/mol. The van der Waals surface area contributed by atoms with Crippen LogP contribution in [-0.4, -0.2) is 31.2 Å². The number of hydrogen-bond donors (Lipinski definition) is 1. The van der Waals surface area contributed by atoms with Crippen LogP contribution in [0.2, 0.25) is 0 Å². The zero-order valence-electron chi connectivity index (χ0n) is 15.7. The van der Waals surface area contributed by atoms with Gasteiger partial charge in [-0.1, -0.05) is 6.07 Å². The van der Waals surface area contributed by atoms with Crippen LogP contribution in [-0.2, 0) is 17.8 Å². The Morgan fingerprint density at radius 2 is 1.86 bits per heavy atom. The Bertz CT molecular complexity index is 1060. The maximum atomic E-state index is 13.4. The van der Waals surface area contributed by atoms with Gasteiger partial charge < -0.3 is 19.4 Å². The minimum absolute atomic E-state index is 0.0361. The second-order valence-electron chi connectivity index (χ2n) is 6.26. The van der Waals surface area contributed by atoms with Gasteiger partial charge in [-0.3, -0.25) is 9.59 Å². The van der Waals surface area contributed by atoms with Gasteiger partial charge in [-0.05, 0) is 42.3 Å². The minimum Gasteiger partial charge on any atom is -0.493 e. The van der Waals surface area contributed by atoms with Crippen LogP contribution >= 0.6 is 0 Å². The summed E-state index contributed by atoms with van der Waals surface area (Å²) in [5, 5.41) is 3.10.